The van der Waals surface area contributed by atoms with E-state index in [-0.39, 0.29) is 12.0 Å². The third-order valence-corrected chi connectivity index (χ3v) is 4.95. The van der Waals surface area contributed by atoms with Crippen molar-refractivity contribution in [2.75, 3.05) is 0 Å². The Labute approximate surface area is 150 Å². The molecule has 0 amide bonds. The van der Waals surface area contributed by atoms with Crippen LogP contribution in [0.3, 0.4) is 0 Å². The van der Waals surface area contributed by atoms with Crippen molar-refractivity contribution < 1.29 is 33.0 Å². The standard InChI is InChI=1S/C16H13Cl2F3O4/c1-14(12(22)23)3-2-4-15(7-14,13(24)25)11-9(17)5-8(6-10(11)18)16(19,20)21/h2,4-6H,3,7H2,1H3,(H,22,23)(H,24,25). The maximum atomic E-state index is 12.9. The second-order valence-corrected chi connectivity index (χ2v) is 7.05. The van der Waals surface area contributed by atoms with Gasteiger partial charge in [0.05, 0.1) is 11.0 Å². The van der Waals surface area contributed by atoms with Gasteiger partial charge < -0.3 is 10.2 Å². The van der Waals surface area contributed by atoms with Crippen LogP contribution in [-0.2, 0) is 21.2 Å². The van der Waals surface area contributed by atoms with Crippen molar-refractivity contribution in [2.24, 2.45) is 5.41 Å². The fourth-order valence-electron chi connectivity index (χ4n) is 3.02. The van der Waals surface area contributed by atoms with E-state index in [1.807, 2.05) is 0 Å². The molecule has 1 aliphatic rings. The van der Waals surface area contributed by atoms with E-state index in [0.29, 0.717) is 12.1 Å². The molecule has 25 heavy (non-hydrogen) atoms. The van der Waals surface area contributed by atoms with Gasteiger partial charge in [0.1, 0.15) is 5.41 Å². The van der Waals surface area contributed by atoms with Gasteiger partial charge in [-0.1, -0.05) is 35.4 Å². The lowest BCUT2D eigenvalue weighted by atomic mass is 9.63. The summed E-state index contributed by atoms with van der Waals surface area (Å²) in [5.74, 6) is -2.67. The molecule has 4 nitrogen and oxygen atoms in total. The molecule has 1 aromatic carbocycles. The van der Waals surface area contributed by atoms with Crippen LogP contribution in [0.4, 0.5) is 13.2 Å². The van der Waals surface area contributed by atoms with Gasteiger partial charge in [0, 0.05) is 15.6 Å². The van der Waals surface area contributed by atoms with E-state index >= 15 is 0 Å². The van der Waals surface area contributed by atoms with Crippen LogP contribution < -0.4 is 0 Å². The van der Waals surface area contributed by atoms with Gasteiger partial charge in [-0.15, -0.1) is 0 Å². The van der Waals surface area contributed by atoms with Crippen molar-refractivity contribution >= 4 is 35.1 Å². The number of rotatable bonds is 3. The molecule has 0 fully saturated rings. The molecule has 0 bridgehead atoms. The fourth-order valence-corrected chi connectivity index (χ4v) is 3.84. The minimum atomic E-state index is -4.71. The van der Waals surface area contributed by atoms with Crippen molar-refractivity contribution in [3.05, 3.63) is 45.5 Å². The van der Waals surface area contributed by atoms with Gasteiger partial charge >= 0.3 is 18.1 Å². The molecule has 1 aromatic rings. The lowest BCUT2D eigenvalue weighted by molar-refractivity contribution is -0.152. The largest absolute Gasteiger partial charge is 0.481 e. The van der Waals surface area contributed by atoms with Crippen molar-refractivity contribution in [2.45, 2.75) is 31.4 Å². The van der Waals surface area contributed by atoms with Gasteiger partial charge in [-0.05, 0) is 31.9 Å². The minimum Gasteiger partial charge on any atom is -0.481 e. The van der Waals surface area contributed by atoms with Gasteiger partial charge in [-0.25, -0.2) is 0 Å². The number of carboxylic acids is 2. The first-order valence-corrected chi connectivity index (χ1v) is 7.80. The lowest BCUT2D eigenvalue weighted by Crippen LogP contribution is -2.45. The van der Waals surface area contributed by atoms with E-state index in [9.17, 15) is 33.0 Å². The topological polar surface area (TPSA) is 74.6 Å². The highest BCUT2D eigenvalue weighted by atomic mass is 35.5. The van der Waals surface area contributed by atoms with Crippen molar-refractivity contribution in [3.63, 3.8) is 0 Å². The van der Waals surface area contributed by atoms with E-state index in [1.54, 1.807) is 0 Å². The Balaban J connectivity index is 2.72. The molecular formula is C16H13Cl2F3O4. The van der Waals surface area contributed by atoms with Crippen LogP contribution in [0.15, 0.2) is 24.3 Å². The first kappa shape index (κ1) is 19.6. The Bertz CT molecular complexity index is 752. The Morgan fingerprint density at radius 1 is 1.12 bits per heavy atom. The van der Waals surface area contributed by atoms with Crippen LogP contribution in [0, 0.1) is 5.41 Å². The molecule has 0 spiro atoms. The van der Waals surface area contributed by atoms with Crippen molar-refractivity contribution in [3.8, 4) is 0 Å². The van der Waals surface area contributed by atoms with E-state index in [0.717, 1.165) is 0 Å². The van der Waals surface area contributed by atoms with Crippen LogP contribution >= 0.6 is 23.2 Å². The summed E-state index contributed by atoms with van der Waals surface area (Å²) in [7, 11) is 0. The summed E-state index contributed by atoms with van der Waals surface area (Å²) in [6.45, 7) is 1.36. The van der Waals surface area contributed by atoms with Gasteiger partial charge in [0.2, 0.25) is 0 Å². The van der Waals surface area contributed by atoms with Crippen LogP contribution in [0.25, 0.3) is 0 Å². The molecule has 2 atom stereocenters. The predicted molar refractivity (Wildman–Crippen MR) is 84.9 cm³/mol. The second kappa shape index (κ2) is 6.21. The molecule has 2 rings (SSSR count). The smallest absolute Gasteiger partial charge is 0.416 e. The molecule has 0 aliphatic heterocycles. The summed E-state index contributed by atoms with van der Waals surface area (Å²) in [6.07, 6.45) is -2.42. The van der Waals surface area contributed by atoms with E-state index in [4.69, 9.17) is 23.2 Å². The molecule has 0 radical (unpaired) electrons. The highest BCUT2D eigenvalue weighted by Crippen LogP contribution is 2.50. The van der Waals surface area contributed by atoms with Gasteiger partial charge in [0.15, 0.2) is 0 Å². The van der Waals surface area contributed by atoms with E-state index < -0.39 is 51.0 Å². The number of hydrogen-bond acceptors (Lipinski definition) is 2. The molecule has 1 aliphatic carbocycles. The van der Waals surface area contributed by atoms with Crippen LogP contribution in [0.5, 0.6) is 0 Å². The number of benzene rings is 1. The Morgan fingerprint density at radius 2 is 1.64 bits per heavy atom. The highest BCUT2D eigenvalue weighted by Gasteiger charge is 2.51. The van der Waals surface area contributed by atoms with Gasteiger partial charge in [-0.2, -0.15) is 13.2 Å². The average molecular weight is 397 g/mol. The second-order valence-electron chi connectivity index (χ2n) is 6.24. The molecule has 0 heterocycles. The maximum absolute atomic E-state index is 12.9. The summed E-state index contributed by atoms with van der Waals surface area (Å²) < 4.78 is 38.6. The Morgan fingerprint density at radius 3 is 2.04 bits per heavy atom. The normalized spacial score (nSPS) is 26.5. The van der Waals surface area contributed by atoms with Gasteiger partial charge in [0.25, 0.3) is 0 Å². The first-order chi connectivity index (χ1) is 11.3. The third-order valence-electron chi connectivity index (χ3n) is 4.35. The predicted octanol–water partition coefficient (Wildman–Crippen LogP) is 4.78. The molecule has 2 N–H and O–H groups in total. The summed E-state index contributed by atoms with van der Waals surface area (Å²) in [5.41, 5.74) is -4.74. The molecular weight excluding hydrogens is 384 g/mol. The Kier molecular flexibility index (Phi) is 4.87. The number of hydrogen-bond donors (Lipinski definition) is 2. The molecule has 2 unspecified atom stereocenters. The first-order valence-electron chi connectivity index (χ1n) is 7.05. The maximum Gasteiger partial charge on any atom is 0.416 e. The molecule has 0 saturated carbocycles. The monoisotopic (exact) mass is 396 g/mol. The Hall–Kier alpha value is -1.73. The SMILES string of the molecule is CC1(C(=O)O)CC=CC(C(=O)O)(c2c(Cl)cc(C(F)(F)F)cc2Cl)C1. The number of carbonyl (C=O) groups is 2. The number of alkyl halides is 3. The van der Waals surface area contributed by atoms with Crippen molar-refractivity contribution in [1.82, 2.24) is 0 Å². The summed E-state index contributed by atoms with van der Waals surface area (Å²) >= 11 is 11.9. The van der Waals surface area contributed by atoms with Crippen LogP contribution in [0.1, 0.15) is 30.9 Å². The zero-order chi connectivity index (χ0) is 19.2. The summed E-state index contributed by atoms with van der Waals surface area (Å²) in [5, 5.41) is 18.2. The number of carboxylic acid groups (broad SMARTS) is 2. The number of allylic oxidation sites excluding steroid dienone is 1. The van der Waals surface area contributed by atoms with E-state index in [1.165, 1.54) is 19.1 Å². The highest BCUT2D eigenvalue weighted by molar-refractivity contribution is 6.37. The fraction of sp³-hybridized carbons (Fsp3) is 0.375. The molecule has 9 heteroatoms. The summed E-state index contributed by atoms with van der Waals surface area (Å²) in [4.78, 5) is 23.5. The number of halogens is 5. The van der Waals surface area contributed by atoms with Crippen molar-refractivity contribution in [1.29, 1.82) is 0 Å². The van der Waals surface area contributed by atoms with E-state index in [2.05, 4.69) is 0 Å². The zero-order valence-electron chi connectivity index (χ0n) is 12.8. The minimum absolute atomic E-state index is 0.0766. The van der Waals surface area contributed by atoms with Crippen LogP contribution in [-0.4, -0.2) is 22.2 Å². The lowest BCUT2D eigenvalue weighted by Gasteiger charge is -2.39. The zero-order valence-corrected chi connectivity index (χ0v) is 14.3. The molecule has 0 saturated heterocycles. The average Bonchev–Trinajstić information content (AvgIpc) is 2.45. The quantitative estimate of drug-likeness (QED) is 0.721. The number of aliphatic carboxylic acids is 2. The molecule has 0 aromatic heterocycles. The third kappa shape index (κ3) is 3.35. The summed E-state index contributed by atoms with van der Waals surface area (Å²) in [6, 6.07) is 1.18. The van der Waals surface area contributed by atoms with Crippen LogP contribution in [0.2, 0.25) is 10.0 Å². The molecule has 136 valence electrons. The van der Waals surface area contributed by atoms with Gasteiger partial charge in [-0.3, -0.25) is 9.59 Å².